The van der Waals surface area contributed by atoms with Crippen LogP contribution in [0.2, 0.25) is 0 Å². The summed E-state index contributed by atoms with van der Waals surface area (Å²) in [5.74, 6) is 0. The molecule has 2 nitrogen and oxygen atoms in total. The first-order chi connectivity index (χ1) is 29.0. The molecule has 0 bridgehead atoms. The molecule has 0 aliphatic rings. The highest BCUT2D eigenvalue weighted by atomic mass is 15.2. The largest absolute Gasteiger partial charge is 0.310 e. The summed E-state index contributed by atoms with van der Waals surface area (Å²) in [5.41, 5.74) is 9.55. The molecule has 292 valence electrons. The first-order valence-electron chi connectivity index (χ1n) is 21.2. The van der Waals surface area contributed by atoms with Gasteiger partial charge in [0.05, 0.1) is 11.4 Å². The van der Waals surface area contributed by atoms with E-state index in [-0.39, 0.29) is 10.8 Å². The molecule has 0 aliphatic heterocycles. The van der Waals surface area contributed by atoms with Gasteiger partial charge in [0.1, 0.15) is 0 Å². The van der Waals surface area contributed by atoms with E-state index in [9.17, 15) is 0 Å². The van der Waals surface area contributed by atoms with Crippen molar-refractivity contribution in [3.05, 3.63) is 205 Å². The highest BCUT2D eigenvalue weighted by Gasteiger charge is 2.24. The monoisotopic (exact) mass is 774 g/mol. The molecule has 0 unspecified atom stereocenters. The van der Waals surface area contributed by atoms with E-state index in [0.717, 1.165) is 34.1 Å². The molecular weight excluding hydrogens is 725 g/mol. The summed E-state index contributed by atoms with van der Waals surface area (Å²) < 4.78 is 0. The zero-order valence-electron chi connectivity index (χ0n) is 35.4. The Morgan fingerprint density at radius 2 is 0.583 bits per heavy atom. The summed E-state index contributed by atoms with van der Waals surface area (Å²) in [6, 6.07) is 72.2. The molecule has 0 saturated heterocycles. The molecule has 0 radical (unpaired) electrons. The summed E-state index contributed by atoms with van der Waals surface area (Å²) in [6.45, 7) is 13.7. The van der Waals surface area contributed by atoms with Gasteiger partial charge in [-0.2, -0.15) is 0 Å². The Labute approximate surface area is 354 Å². The molecular formula is C58H50N2. The smallest absolute Gasteiger partial charge is 0.0546 e. The van der Waals surface area contributed by atoms with Gasteiger partial charge in [0.25, 0.3) is 0 Å². The van der Waals surface area contributed by atoms with Crippen molar-refractivity contribution in [2.75, 3.05) is 9.80 Å². The number of nitrogens with zero attached hydrogens (tertiary/aromatic N) is 2. The van der Waals surface area contributed by atoms with E-state index in [4.69, 9.17) is 0 Å². The van der Waals surface area contributed by atoms with Crippen molar-refractivity contribution >= 4 is 88.0 Å². The summed E-state index contributed by atoms with van der Waals surface area (Å²) in [4.78, 5) is 4.92. The lowest BCUT2D eigenvalue weighted by Gasteiger charge is -2.30. The van der Waals surface area contributed by atoms with Crippen LogP contribution in [0.25, 0.3) is 53.9 Å². The van der Waals surface area contributed by atoms with Gasteiger partial charge < -0.3 is 9.80 Å². The van der Waals surface area contributed by atoms with Gasteiger partial charge in [0.15, 0.2) is 0 Å². The normalized spacial score (nSPS) is 12.2. The molecule has 0 spiro atoms. The number of rotatable bonds is 6. The van der Waals surface area contributed by atoms with Gasteiger partial charge in [-0.15, -0.1) is 0 Å². The molecule has 10 rings (SSSR count). The predicted octanol–water partition coefficient (Wildman–Crippen LogP) is 17.0. The summed E-state index contributed by atoms with van der Waals surface area (Å²) in [5, 5.41) is 12.2. The minimum absolute atomic E-state index is 0.0495. The molecule has 0 atom stereocenters. The molecule has 0 fully saturated rings. The second-order valence-electron chi connectivity index (χ2n) is 18.3. The zero-order chi connectivity index (χ0) is 41.2. The van der Waals surface area contributed by atoms with Crippen LogP contribution < -0.4 is 9.80 Å². The number of hydrogen-bond donors (Lipinski definition) is 0. The third-order valence-corrected chi connectivity index (χ3v) is 12.3. The second kappa shape index (κ2) is 14.4. The lowest BCUT2D eigenvalue weighted by Crippen LogP contribution is -2.14. The van der Waals surface area contributed by atoms with Crippen molar-refractivity contribution in [1.82, 2.24) is 0 Å². The van der Waals surface area contributed by atoms with Crippen LogP contribution in [0.3, 0.4) is 0 Å². The van der Waals surface area contributed by atoms with Crippen molar-refractivity contribution in [2.45, 2.75) is 52.4 Å². The van der Waals surface area contributed by atoms with Crippen molar-refractivity contribution < 1.29 is 0 Å². The van der Waals surface area contributed by atoms with Gasteiger partial charge in [-0.05, 0) is 126 Å². The van der Waals surface area contributed by atoms with Gasteiger partial charge in [-0.1, -0.05) is 175 Å². The molecule has 0 amide bonds. The molecule has 2 heteroatoms. The number of hydrogen-bond acceptors (Lipinski definition) is 2. The predicted molar refractivity (Wildman–Crippen MR) is 261 cm³/mol. The van der Waals surface area contributed by atoms with Crippen LogP contribution in [0.5, 0.6) is 0 Å². The van der Waals surface area contributed by atoms with Crippen LogP contribution in [0.4, 0.5) is 34.1 Å². The van der Waals surface area contributed by atoms with Gasteiger partial charge in [-0.25, -0.2) is 0 Å². The molecule has 0 heterocycles. The molecule has 60 heavy (non-hydrogen) atoms. The minimum atomic E-state index is 0.0495. The average molecular weight is 775 g/mol. The van der Waals surface area contributed by atoms with Crippen molar-refractivity contribution in [3.8, 4) is 0 Å². The fourth-order valence-electron chi connectivity index (χ4n) is 8.99. The van der Waals surface area contributed by atoms with E-state index in [2.05, 4.69) is 245 Å². The molecule has 0 N–H and O–H groups in total. The lowest BCUT2D eigenvalue weighted by molar-refractivity contribution is 0.590. The lowest BCUT2D eigenvalue weighted by atomic mass is 9.87. The highest BCUT2D eigenvalue weighted by molar-refractivity contribution is 6.24. The van der Waals surface area contributed by atoms with Crippen LogP contribution in [0.15, 0.2) is 194 Å². The van der Waals surface area contributed by atoms with E-state index in [1.807, 2.05) is 0 Å². The van der Waals surface area contributed by atoms with Crippen molar-refractivity contribution in [2.24, 2.45) is 0 Å². The first-order valence-corrected chi connectivity index (χ1v) is 21.2. The highest BCUT2D eigenvalue weighted by Crippen LogP contribution is 2.48. The molecule has 0 aliphatic carbocycles. The maximum Gasteiger partial charge on any atom is 0.0546 e. The van der Waals surface area contributed by atoms with Crippen LogP contribution >= 0.6 is 0 Å². The van der Waals surface area contributed by atoms with E-state index in [0.29, 0.717) is 0 Å². The summed E-state index contributed by atoms with van der Waals surface area (Å²) in [6.07, 6.45) is 0. The number of fused-ring (bicyclic) bond motifs is 7. The zero-order valence-corrected chi connectivity index (χ0v) is 35.4. The summed E-state index contributed by atoms with van der Waals surface area (Å²) >= 11 is 0. The Balaban J connectivity index is 1.25. The van der Waals surface area contributed by atoms with Crippen molar-refractivity contribution in [3.63, 3.8) is 0 Å². The average Bonchev–Trinajstić information content (AvgIpc) is 3.26. The van der Waals surface area contributed by atoms with Gasteiger partial charge in [0.2, 0.25) is 0 Å². The van der Waals surface area contributed by atoms with Crippen LogP contribution in [-0.4, -0.2) is 0 Å². The van der Waals surface area contributed by atoms with E-state index >= 15 is 0 Å². The quantitative estimate of drug-likeness (QED) is 0.155. The topological polar surface area (TPSA) is 6.48 Å². The van der Waals surface area contributed by atoms with E-state index in [1.54, 1.807) is 0 Å². The third kappa shape index (κ3) is 6.63. The first kappa shape index (κ1) is 37.4. The molecule has 10 aromatic carbocycles. The van der Waals surface area contributed by atoms with E-state index in [1.165, 1.54) is 65.0 Å². The Hall–Kier alpha value is -6.90. The number of anilines is 6. The van der Waals surface area contributed by atoms with E-state index < -0.39 is 0 Å². The Kier molecular flexibility index (Phi) is 8.99. The van der Waals surface area contributed by atoms with Crippen LogP contribution in [-0.2, 0) is 10.8 Å². The molecule has 0 saturated carbocycles. The summed E-state index contributed by atoms with van der Waals surface area (Å²) in [7, 11) is 0. The Morgan fingerprint density at radius 3 is 0.950 bits per heavy atom. The van der Waals surface area contributed by atoms with Crippen LogP contribution in [0, 0.1) is 0 Å². The Bertz CT molecular complexity index is 3000. The number of benzene rings is 10. The molecule has 10 aromatic rings. The maximum atomic E-state index is 2.46. The second-order valence-corrected chi connectivity index (χ2v) is 18.3. The van der Waals surface area contributed by atoms with Gasteiger partial charge in [-0.3, -0.25) is 0 Å². The van der Waals surface area contributed by atoms with Gasteiger partial charge in [0, 0.05) is 33.5 Å². The molecule has 0 aromatic heterocycles. The van der Waals surface area contributed by atoms with Crippen molar-refractivity contribution in [1.29, 1.82) is 0 Å². The minimum Gasteiger partial charge on any atom is -0.310 e. The fourth-order valence-corrected chi connectivity index (χ4v) is 8.99. The Morgan fingerprint density at radius 1 is 0.267 bits per heavy atom. The van der Waals surface area contributed by atoms with Crippen LogP contribution in [0.1, 0.15) is 52.7 Å². The maximum absolute atomic E-state index is 2.46. The van der Waals surface area contributed by atoms with Gasteiger partial charge >= 0.3 is 0 Å². The SMILES string of the molecule is CC(C)(C)c1ccc(N(c2ccc3ccccc3c2)c2cc3c4ccccc4c(N(c4ccc(C(C)(C)C)cc4)c4ccc5ccccc5c4)cc3c3ccccc23)cc1. The fraction of sp³-hybridized carbons (Fsp3) is 0.138. The standard InChI is InChI=1S/C58H50N2/c1-57(2,3)43-25-31-45(32-26-43)59(47-29-23-39-15-7-9-17-41(39)35-47)55-37-53-50-20-12-14-22-52(50)56(38-54(53)49-19-11-13-21-51(49)55)60(46-33-27-44(28-34-46)58(4,5)6)48-30-24-40-16-8-10-18-42(40)36-48/h7-38H,1-6H3. The third-order valence-electron chi connectivity index (χ3n) is 12.3.